The second-order valence-corrected chi connectivity index (χ2v) is 10.3. The van der Waals surface area contributed by atoms with Crippen molar-refractivity contribution in [3.63, 3.8) is 0 Å². The maximum absolute atomic E-state index is 9.95. The summed E-state index contributed by atoms with van der Waals surface area (Å²) in [5.41, 5.74) is 0.579. The van der Waals surface area contributed by atoms with Crippen molar-refractivity contribution in [2.75, 3.05) is 57.4 Å². The molecule has 3 heterocycles. The first kappa shape index (κ1) is 27.7. The third-order valence-corrected chi connectivity index (χ3v) is 6.02. The Balaban J connectivity index is 0.000000211. The first-order chi connectivity index (χ1) is 16.7. The Labute approximate surface area is 220 Å². The van der Waals surface area contributed by atoms with E-state index in [-0.39, 0.29) is 12.1 Å². The van der Waals surface area contributed by atoms with Crippen LogP contribution >= 0.6 is 34.9 Å². The number of ether oxygens (including phenoxy) is 2. The molecular weight excluding hydrogens is 513 g/mol. The van der Waals surface area contributed by atoms with E-state index in [1.165, 1.54) is 0 Å². The normalized spacial score (nSPS) is 16.6. The molecule has 1 aromatic carbocycles. The highest BCUT2D eigenvalue weighted by molar-refractivity contribution is 6.99. The first-order valence-electron chi connectivity index (χ1n) is 11.4. The minimum absolute atomic E-state index is 0.0257. The number of halogens is 2. The number of aliphatic imine (C=N–C) groups is 1. The van der Waals surface area contributed by atoms with E-state index < -0.39 is 6.10 Å². The zero-order valence-corrected chi connectivity index (χ0v) is 22.5. The van der Waals surface area contributed by atoms with Crippen LogP contribution in [0.1, 0.15) is 20.8 Å². The van der Waals surface area contributed by atoms with Crippen molar-refractivity contribution < 1.29 is 14.6 Å². The van der Waals surface area contributed by atoms with Gasteiger partial charge in [-0.15, -0.1) is 4.37 Å². The van der Waals surface area contributed by atoms with Gasteiger partial charge in [0.05, 0.1) is 35.0 Å². The summed E-state index contributed by atoms with van der Waals surface area (Å²) < 4.78 is 19.4. The number of rotatable bonds is 7. The molecule has 4 N–H and O–H groups in total. The molecule has 1 aromatic heterocycles. The van der Waals surface area contributed by atoms with Crippen LogP contribution in [0, 0.1) is 0 Å². The van der Waals surface area contributed by atoms with Gasteiger partial charge in [0.25, 0.3) is 5.88 Å². The van der Waals surface area contributed by atoms with Crippen LogP contribution in [-0.2, 0) is 4.74 Å². The minimum atomic E-state index is -0.580. The average Bonchev–Trinajstić information content (AvgIpc) is 3.51. The molecule has 0 bridgehead atoms. The van der Waals surface area contributed by atoms with Gasteiger partial charge in [0.15, 0.2) is 5.96 Å². The Morgan fingerprint density at radius 2 is 1.86 bits per heavy atom. The van der Waals surface area contributed by atoms with Crippen LogP contribution in [0.25, 0.3) is 0 Å². The van der Waals surface area contributed by atoms with Crippen LogP contribution in [-0.4, -0.2) is 84.0 Å². The second kappa shape index (κ2) is 13.4. The highest BCUT2D eigenvalue weighted by Gasteiger charge is 2.21. The molecule has 35 heavy (non-hydrogen) atoms. The van der Waals surface area contributed by atoms with Crippen LogP contribution < -0.4 is 25.6 Å². The fraction of sp³-hybridized carbons (Fsp3) is 0.591. The summed E-state index contributed by atoms with van der Waals surface area (Å²) in [4.78, 5) is 6.39. The summed E-state index contributed by atoms with van der Waals surface area (Å²) in [6.07, 6.45) is -0.580. The van der Waals surface area contributed by atoms with Crippen molar-refractivity contribution in [3.05, 3.63) is 28.2 Å². The van der Waals surface area contributed by atoms with E-state index in [9.17, 15) is 5.11 Å². The maximum atomic E-state index is 9.95. The summed E-state index contributed by atoms with van der Waals surface area (Å²) in [5.74, 6) is 1.97. The first-order valence-corrected chi connectivity index (χ1v) is 12.9. The third kappa shape index (κ3) is 9.25. The standard InChI is InChI=1S/C13H24N4O3S.C9H9Cl2N3/c1-13(2,3)14-8-10(18)9-20-12-11(15-21-16-12)17-4-6-19-7-5-17;10-6-2-1-3-7(11)8(6)14-9-12-4-5-13-9/h10,14,18H,4-9H2,1-3H3;1-3H,4-5H2,(H2,12,13,14)/t10-;/m0./s1. The molecule has 1 atom stereocenters. The van der Waals surface area contributed by atoms with Gasteiger partial charge in [0.1, 0.15) is 18.4 Å². The van der Waals surface area contributed by atoms with Crippen molar-refractivity contribution in [2.45, 2.75) is 32.4 Å². The van der Waals surface area contributed by atoms with E-state index in [0.717, 1.165) is 49.7 Å². The van der Waals surface area contributed by atoms with Crippen LogP contribution in [0.4, 0.5) is 11.5 Å². The van der Waals surface area contributed by atoms with Gasteiger partial charge < -0.3 is 35.4 Å². The molecule has 0 unspecified atom stereocenters. The van der Waals surface area contributed by atoms with E-state index in [2.05, 4.69) is 55.4 Å². The molecule has 0 spiro atoms. The van der Waals surface area contributed by atoms with Crippen molar-refractivity contribution in [1.82, 2.24) is 24.7 Å². The average molecular weight is 547 g/mol. The van der Waals surface area contributed by atoms with E-state index in [4.69, 9.17) is 32.7 Å². The zero-order chi connectivity index (χ0) is 25.3. The molecule has 0 radical (unpaired) electrons. The Morgan fingerprint density at radius 1 is 1.20 bits per heavy atom. The highest BCUT2D eigenvalue weighted by atomic mass is 35.5. The maximum Gasteiger partial charge on any atom is 0.270 e. The van der Waals surface area contributed by atoms with Gasteiger partial charge in [0.2, 0.25) is 5.82 Å². The molecule has 10 nitrogen and oxygen atoms in total. The predicted octanol–water partition coefficient (Wildman–Crippen LogP) is 2.68. The number of morpholine rings is 1. The summed E-state index contributed by atoms with van der Waals surface area (Å²) in [6, 6.07) is 5.33. The fourth-order valence-electron chi connectivity index (χ4n) is 3.10. The summed E-state index contributed by atoms with van der Waals surface area (Å²) in [6.45, 7) is 11.6. The van der Waals surface area contributed by atoms with Gasteiger partial charge in [-0.1, -0.05) is 29.3 Å². The van der Waals surface area contributed by atoms with Crippen LogP contribution in [0.15, 0.2) is 23.2 Å². The number of aromatic nitrogens is 2. The molecular formula is C22H33Cl2N7O3S. The molecule has 2 fully saturated rings. The molecule has 0 aliphatic carbocycles. The molecule has 0 amide bonds. The van der Waals surface area contributed by atoms with Gasteiger partial charge in [-0.05, 0) is 32.9 Å². The number of β-amino-alcohol motifs (C(OH)–C–C–N with tert-alkyl or cyclic N) is 1. The van der Waals surface area contributed by atoms with Crippen molar-refractivity contribution in [2.24, 2.45) is 4.99 Å². The minimum Gasteiger partial charge on any atom is -0.472 e. The smallest absolute Gasteiger partial charge is 0.270 e. The van der Waals surface area contributed by atoms with Crippen LogP contribution in [0.5, 0.6) is 5.88 Å². The van der Waals surface area contributed by atoms with E-state index in [1.54, 1.807) is 18.2 Å². The van der Waals surface area contributed by atoms with E-state index in [1.807, 2.05) is 0 Å². The number of anilines is 1. The largest absolute Gasteiger partial charge is 0.472 e. The summed E-state index contributed by atoms with van der Waals surface area (Å²) in [7, 11) is 0. The van der Waals surface area contributed by atoms with Crippen LogP contribution in [0.3, 0.4) is 0 Å². The van der Waals surface area contributed by atoms with Gasteiger partial charge in [-0.3, -0.25) is 0 Å². The number of guanidine groups is 1. The molecule has 2 aliphatic heterocycles. The Kier molecular flexibility index (Phi) is 10.6. The Bertz CT molecular complexity index is 937. The van der Waals surface area contributed by atoms with Gasteiger partial charge in [0, 0.05) is 38.3 Å². The van der Waals surface area contributed by atoms with Crippen LogP contribution in [0.2, 0.25) is 10.0 Å². The lowest BCUT2D eigenvalue weighted by atomic mass is 10.1. The number of aliphatic hydroxyl groups excluding tert-OH is 1. The quantitative estimate of drug-likeness (QED) is 0.416. The number of benzene rings is 1. The number of para-hydroxylation sites is 1. The SMILES string of the molecule is CC(C)(C)NC[C@H](O)COc1nsnc1N1CCOCC1.Clc1cccc(Cl)c1N=C1NCCN1. The second-order valence-electron chi connectivity index (χ2n) is 8.97. The number of nitrogens with one attached hydrogen (secondary N) is 3. The van der Waals surface area contributed by atoms with Gasteiger partial charge in [-0.2, -0.15) is 4.37 Å². The Hall–Kier alpha value is -1.89. The fourth-order valence-corrected chi connectivity index (χ4v) is 4.11. The molecule has 0 saturated carbocycles. The van der Waals surface area contributed by atoms with E-state index >= 15 is 0 Å². The lowest BCUT2D eigenvalue weighted by molar-refractivity contribution is 0.0975. The number of nitrogens with zero attached hydrogens (tertiary/aromatic N) is 4. The number of aliphatic hydroxyl groups is 1. The molecule has 2 aromatic rings. The van der Waals surface area contributed by atoms with E-state index in [0.29, 0.717) is 41.4 Å². The molecule has 2 aliphatic rings. The zero-order valence-electron chi connectivity index (χ0n) is 20.2. The lowest BCUT2D eigenvalue weighted by Gasteiger charge is -2.27. The lowest BCUT2D eigenvalue weighted by Crippen LogP contribution is -2.42. The number of hydrogen-bond donors (Lipinski definition) is 4. The van der Waals surface area contributed by atoms with Gasteiger partial charge >= 0.3 is 0 Å². The highest BCUT2D eigenvalue weighted by Crippen LogP contribution is 2.32. The third-order valence-electron chi connectivity index (χ3n) is 4.90. The van der Waals surface area contributed by atoms with Crippen molar-refractivity contribution in [3.8, 4) is 5.88 Å². The molecule has 2 saturated heterocycles. The number of hydrogen-bond acceptors (Lipinski definition) is 9. The molecule has 13 heteroatoms. The molecule has 4 rings (SSSR count). The predicted molar refractivity (Wildman–Crippen MR) is 142 cm³/mol. The topological polar surface area (TPSA) is 116 Å². The monoisotopic (exact) mass is 545 g/mol. The van der Waals surface area contributed by atoms with Crippen molar-refractivity contribution >= 4 is 52.4 Å². The van der Waals surface area contributed by atoms with Crippen molar-refractivity contribution in [1.29, 1.82) is 0 Å². The van der Waals surface area contributed by atoms with Gasteiger partial charge in [-0.25, -0.2) is 4.99 Å². The summed E-state index contributed by atoms with van der Waals surface area (Å²) in [5, 5.41) is 20.5. The summed E-state index contributed by atoms with van der Waals surface area (Å²) >= 11 is 13.0. The molecule has 194 valence electrons. The Morgan fingerprint density at radius 3 is 2.49 bits per heavy atom.